The summed E-state index contributed by atoms with van der Waals surface area (Å²) in [6.45, 7) is 4.40. The van der Waals surface area contributed by atoms with Gasteiger partial charge in [0, 0.05) is 69.6 Å². The van der Waals surface area contributed by atoms with E-state index in [-0.39, 0.29) is 48.1 Å². The fraction of sp³-hybridized carbons (Fsp3) is 0.488. The molecule has 16 heteroatoms. The number of fused-ring (bicyclic) bond motifs is 3. The average molecular weight is 810 g/mol. The lowest BCUT2D eigenvalue weighted by Crippen LogP contribution is -2.56. The fourth-order valence-electron chi connectivity index (χ4n) is 9.45. The van der Waals surface area contributed by atoms with Crippen LogP contribution in [0.5, 0.6) is 17.2 Å². The number of pyridine rings is 1. The third kappa shape index (κ3) is 7.55. The Morgan fingerprint density at radius 3 is 2.39 bits per heavy atom. The first-order chi connectivity index (χ1) is 28.3. The van der Waals surface area contributed by atoms with Crippen LogP contribution < -0.4 is 30.4 Å². The Morgan fingerprint density at radius 2 is 1.68 bits per heavy atom. The number of piperidine rings is 1. The van der Waals surface area contributed by atoms with E-state index in [4.69, 9.17) is 14.2 Å². The molecule has 4 atom stereocenters. The van der Waals surface area contributed by atoms with Crippen LogP contribution in [0.25, 0.3) is 11.1 Å². The van der Waals surface area contributed by atoms with Crippen LogP contribution in [-0.4, -0.2) is 127 Å². The predicted octanol–water partition coefficient (Wildman–Crippen LogP) is 2.39. The van der Waals surface area contributed by atoms with Crippen molar-refractivity contribution in [2.75, 3.05) is 61.1 Å². The summed E-state index contributed by atoms with van der Waals surface area (Å²) in [5.41, 5.74) is 4.61. The highest BCUT2D eigenvalue weighted by Gasteiger charge is 2.48. The van der Waals surface area contributed by atoms with E-state index in [0.29, 0.717) is 60.8 Å². The normalized spacial score (nSPS) is 22.5. The van der Waals surface area contributed by atoms with Gasteiger partial charge in [0.1, 0.15) is 23.3 Å². The molecule has 312 valence electrons. The van der Waals surface area contributed by atoms with Gasteiger partial charge in [-0.3, -0.25) is 34.2 Å². The number of likely N-dealkylation sites (tertiary alicyclic amines) is 1. The Hall–Kier alpha value is -5.74. The lowest BCUT2D eigenvalue weighted by molar-refractivity contribution is -0.136. The van der Waals surface area contributed by atoms with Crippen molar-refractivity contribution >= 4 is 29.7 Å². The molecule has 3 fully saturated rings. The maximum absolute atomic E-state index is 13.7. The Morgan fingerprint density at radius 1 is 0.932 bits per heavy atom. The van der Waals surface area contributed by atoms with Crippen molar-refractivity contribution in [1.29, 1.82) is 0 Å². The number of carbonyl (C=O) groups is 5. The van der Waals surface area contributed by atoms with Gasteiger partial charge >= 0.3 is 6.03 Å². The first-order valence-electron chi connectivity index (χ1n) is 20.2. The van der Waals surface area contributed by atoms with Crippen molar-refractivity contribution in [3.8, 4) is 28.4 Å². The monoisotopic (exact) mass is 809 g/mol. The molecule has 6 amide bonds. The smallest absolute Gasteiger partial charge is 0.317 e. The van der Waals surface area contributed by atoms with Crippen LogP contribution in [0.2, 0.25) is 0 Å². The van der Waals surface area contributed by atoms with Crippen molar-refractivity contribution in [2.24, 2.45) is 18.9 Å². The molecule has 59 heavy (non-hydrogen) atoms. The van der Waals surface area contributed by atoms with E-state index in [1.807, 2.05) is 32.4 Å². The van der Waals surface area contributed by atoms with E-state index >= 15 is 0 Å². The number of ether oxygens (including phenoxy) is 3. The number of rotatable bonds is 12. The van der Waals surface area contributed by atoms with Crippen molar-refractivity contribution in [3.63, 3.8) is 0 Å². The number of nitrogens with zero attached hydrogens (tertiary/aromatic N) is 5. The standard InChI is InChI=1S/C43H51N7O9/c1-46(2)20-33-36(57-4)16-24(17-37(33)58-5)30-21-47(3)40(53)32-23-49(13-11-27(30)32)43(56)44-34-15-25-19-48(22-31(25)34)12-6-14-59-26-7-8-28-29(18-26)42(55)50(41(28)54)35-9-10-38(51)45-39(35)52/h7-8,16-18,21,25,31,34-35H,6,9-15,19-20,22-23H2,1-5H3,(H,44,56)(H,45,51,52)/t25-,31+,34?,35?/m1/s1. The van der Waals surface area contributed by atoms with Gasteiger partial charge in [0.15, 0.2) is 0 Å². The SMILES string of the molecule is COc1cc(-c2cn(C)c(=O)c3c2CCN(C(=O)NC2C[C@@H]4CN(CCCOc5ccc6c(c5)C(=O)N(C5CCC(=O)NC5=O)C6=O)C[C@H]24)C3)cc(OC)c1CN(C)C. The van der Waals surface area contributed by atoms with E-state index in [2.05, 4.69) is 20.4 Å². The number of benzene rings is 2. The Balaban J connectivity index is 0.834. The van der Waals surface area contributed by atoms with E-state index in [0.717, 1.165) is 59.6 Å². The van der Waals surface area contributed by atoms with Gasteiger partial charge in [0.2, 0.25) is 11.8 Å². The lowest BCUT2D eigenvalue weighted by atomic mass is 9.71. The van der Waals surface area contributed by atoms with Gasteiger partial charge < -0.3 is 38.8 Å². The molecule has 2 saturated heterocycles. The van der Waals surface area contributed by atoms with Gasteiger partial charge in [-0.15, -0.1) is 0 Å². The van der Waals surface area contributed by atoms with Crippen LogP contribution in [0, 0.1) is 11.8 Å². The number of urea groups is 1. The third-order valence-corrected chi connectivity index (χ3v) is 12.5. The zero-order chi connectivity index (χ0) is 41.7. The number of hydrogen-bond acceptors (Lipinski definition) is 11. The Kier molecular flexibility index (Phi) is 11.0. The summed E-state index contributed by atoms with van der Waals surface area (Å²) in [4.78, 5) is 84.4. The minimum Gasteiger partial charge on any atom is -0.496 e. The average Bonchev–Trinajstić information content (AvgIpc) is 3.67. The number of aromatic nitrogens is 1. The number of imide groups is 2. The summed E-state index contributed by atoms with van der Waals surface area (Å²) < 4.78 is 19.1. The first-order valence-corrected chi connectivity index (χ1v) is 20.2. The molecule has 5 aliphatic rings. The molecule has 1 aliphatic carbocycles. The molecular weight excluding hydrogens is 759 g/mol. The molecule has 2 unspecified atom stereocenters. The molecule has 0 spiro atoms. The van der Waals surface area contributed by atoms with Crippen LogP contribution >= 0.6 is 0 Å². The maximum atomic E-state index is 13.7. The van der Waals surface area contributed by atoms with Crippen molar-refractivity contribution in [2.45, 2.75) is 57.3 Å². The minimum absolute atomic E-state index is 0.0623. The van der Waals surface area contributed by atoms with Gasteiger partial charge in [-0.05, 0) is 93.1 Å². The Labute approximate surface area is 342 Å². The summed E-state index contributed by atoms with van der Waals surface area (Å²) in [5, 5.41) is 5.49. The number of amides is 6. The minimum atomic E-state index is -1.02. The molecule has 4 aliphatic heterocycles. The van der Waals surface area contributed by atoms with E-state index in [9.17, 15) is 28.8 Å². The van der Waals surface area contributed by atoms with Gasteiger partial charge in [0.05, 0.1) is 44.1 Å². The highest BCUT2D eigenvalue weighted by Crippen LogP contribution is 2.42. The molecule has 5 heterocycles. The number of nitrogens with one attached hydrogen (secondary N) is 2. The fourth-order valence-corrected chi connectivity index (χ4v) is 9.45. The zero-order valence-electron chi connectivity index (χ0n) is 34.2. The van der Waals surface area contributed by atoms with E-state index in [1.54, 1.807) is 48.9 Å². The number of aryl methyl sites for hydroxylation is 1. The molecule has 2 N–H and O–H groups in total. The molecule has 1 saturated carbocycles. The van der Waals surface area contributed by atoms with Gasteiger partial charge in [-0.2, -0.15) is 0 Å². The summed E-state index contributed by atoms with van der Waals surface area (Å²) >= 11 is 0. The van der Waals surface area contributed by atoms with Gasteiger partial charge in [-0.1, -0.05) is 0 Å². The largest absolute Gasteiger partial charge is 0.496 e. The van der Waals surface area contributed by atoms with Crippen molar-refractivity contribution < 1.29 is 38.2 Å². The van der Waals surface area contributed by atoms with Crippen molar-refractivity contribution in [3.05, 3.63) is 74.7 Å². The van der Waals surface area contributed by atoms with E-state index in [1.165, 1.54) is 0 Å². The molecule has 0 bridgehead atoms. The molecule has 2 aromatic carbocycles. The quantitative estimate of drug-likeness (QED) is 0.203. The molecule has 0 radical (unpaired) electrons. The summed E-state index contributed by atoms with van der Waals surface area (Å²) in [6.07, 6.45) is 4.22. The molecule has 1 aromatic heterocycles. The number of hydrogen-bond donors (Lipinski definition) is 2. The number of methoxy groups -OCH3 is 2. The second kappa shape index (κ2) is 16.1. The third-order valence-electron chi connectivity index (χ3n) is 12.5. The summed E-state index contributed by atoms with van der Waals surface area (Å²) in [6, 6.07) is 7.63. The van der Waals surface area contributed by atoms with Crippen LogP contribution in [0.15, 0.2) is 41.3 Å². The molecule has 16 nitrogen and oxygen atoms in total. The van der Waals surface area contributed by atoms with Crippen LogP contribution in [-0.2, 0) is 36.1 Å². The number of carbonyl (C=O) groups excluding carboxylic acids is 5. The zero-order valence-corrected chi connectivity index (χ0v) is 34.2. The summed E-state index contributed by atoms with van der Waals surface area (Å²) in [7, 11) is 9.01. The van der Waals surface area contributed by atoms with E-state index < -0.39 is 29.7 Å². The lowest BCUT2D eigenvalue weighted by Gasteiger charge is -2.41. The molecule has 8 rings (SSSR count). The first kappa shape index (κ1) is 40.1. The van der Waals surface area contributed by atoms with Gasteiger partial charge in [0.25, 0.3) is 17.4 Å². The molecule has 3 aromatic rings. The second-order valence-electron chi connectivity index (χ2n) is 16.5. The Bertz CT molecular complexity index is 2260. The maximum Gasteiger partial charge on any atom is 0.317 e. The van der Waals surface area contributed by atoms with Crippen LogP contribution in [0.1, 0.15) is 63.1 Å². The van der Waals surface area contributed by atoms with Crippen LogP contribution in [0.4, 0.5) is 4.79 Å². The van der Waals surface area contributed by atoms with Crippen LogP contribution in [0.3, 0.4) is 0 Å². The second-order valence-corrected chi connectivity index (χ2v) is 16.5. The van der Waals surface area contributed by atoms with Crippen molar-refractivity contribution in [1.82, 2.24) is 34.8 Å². The topological polar surface area (TPSA) is 172 Å². The molecular formula is C43H51N7O9. The highest BCUT2D eigenvalue weighted by molar-refractivity contribution is 6.23. The highest BCUT2D eigenvalue weighted by atomic mass is 16.5. The predicted molar refractivity (Wildman–Crippen MR) is 215 cm³/mol. The van der Waals surface area contributed by atoms with Gasteiger partial charge in [-0.25, -0.2) is 4.79 Å². The summed E-state index contributed by atoms with van der Waals surface area (Å²) in [5.74, 6) is 0.557.